The number of ether oxygens (including phenoxy) is 1. The van der Waals surface area contributed by atoms with Crippen LogP contribution in [-0.2, 0) is 11.3 Å². The standard InChI is InChI=1S/C17H22FN5O2.HI/c1-11-9-23(10-15(24-11)13-4-6-14(18)7-5-13)17(19-3)20-8-16-21-12(2)25-22-16;/h4-7,11,15H,8-10H2,1-3H3,(H,19,20);1H. The van der Waals surface area contributed by atoms with Gasteiger partial charge in [-0.15, -0.1) is 24.0 Å². The van der Waals surface area contributed by atoms with Crippen molar-refractivity contribution < 1.29 is 13.7 Å². The molecule has 1 aliphatic rings. The molecule has 0 amide bonds. The summed E-state index contributed by atoms with van der Waals surface area (Å²) in [6.07, 6.45) is -0.120. The van der Waals surface area contributed by atoms with Gasteiger partial charge in [-0.05, 0) is 24.6 Å². The first-order chi connectivity index (χ1) is 12.0. The topological polar surface area (TPSA) is 75.8 Å². The highest BCUT2D eigenvalue weighted by atomic mass is 127. The SMILES string of the molecule is CN=C(NCc1noc(C)n1)N1CC(C)OC(c2ccc(F)cc2)C1.I. The summed E-state index contributed by atoms with van der Waals surface area (Å²) < 4.78 is 24.1. The van der Waals surface area contributed by atoms with E-state index in [1.54, 1.807) is 26.1 Å². The van der Waals surface area contributed by atoms with Crippen molar-refractivity contribution in [2.45, 2.75) is 32.6 Å². The summed E-state index contributed by atoms with van der Waals surface area (Å²) >= 11 is 0. The molecule has 142 valence electrons. The van der Waals surface area contributed by atoms with E-state index in [1.807, 2.05) is 6.92 Å². The third kappa shape index (κ3) is 5.13. The molecule has 0 saturated carbocycles. The van der Waals surface area contributed by atoms with E-state index in [-0.39, 0.29) is 42.0 Å². The molecule has 1 saturated heterocycles. The van der Waals surface area contributed by atoms with Gasteiger partial charge in [0.15, 0.2) is 11.8 Å². The Balaban J connectivity index is 0.00000243. The highest BCUT2D eigenvalue weighted by Crippen LogP contribution is 2.25. The monoisotopic (exact) mass is 475 g/mol. The Hall–Kier alpha value is -1.75. The maximum absolute atomic E-state index is 13.2. The van der Waals surface area contributed by atoms with Gasteiger partial charge in [0.25, 0.3) is 0 Å². The lowest BCUT2D eigenvalue weighted by Crippen LogP contribution is -2.50. The van der Waals surface area contributed by atoms with Crippen LogP contribution in [0.15, 0.2) is 33.8 Å². The van der Waals surface area contributed by atoms with Crippen molar-refractivity contribution in [2.24, 2.45) is 4.99 Å². The zero-order chi connectivity index (χ0) is 17.8. The molecule has 2 unspecified atom stereocenters. The lowest BCUT2D eigenvalue weighted by atomic mass is 10.1. The lowest BCUT2D eigenvalue weighted by molar-refractivity contribution is -0.0605. The number of hydrogen-bond acceptors (Lipinski definition) is 5. The van der Waals surface area contributed by atoms with Crippen molar-refractivity contribution in [3.05, 3.63) is 47.4 Å². The third-order valence-corrected chi connectivity index (χ3v) is 3.99. The summed E-state index contributed by atoms with van der Waals surface area (Å²) in [6.45, 7) is 5.53. The number of hydrogen-bond donors (Lipinski definition) is 1. The van der Waals surface area contributed by atoms with Crippen molar-refractivity contribution in [1.29, 1.82) is 0 Å². The molecule has 2 atom stereocenters. The van der Waals surface area contributed by atoms with Gasteiger partial charge >= 0.3 is 0 Å². The van der Waals surface area contributed by atoms with E-state index >= 15 is 0 Å². The molecule has 9 heteroatoms. The fourth-order valence-corrected chi connectivity index (χ4v) is 2.89. The van der Waals surface area contributed by atoms with Crippen LogP contribution in [0.2, 0.25) is 0 Å². The van der Waals surface area contributed by atoms with Gasteiger partial charge in [0.05, 0.1) is 19.2 Å². The Labute approximate surface area is 169 Å². The minimum absolute atomic E-state index is 0. The summed E-state index contributed by atoms with van der Waals surface area (Å²) in [4.78, 5) is 10.6. The maximum Gasteiger partial charge on any atom is 0.223 e. The van der Waals surface area contributed by atoms with E-state index < -0.39 is 0 Å². The van der Waals surface area contributed by atoms with Gasteiger partial charge in [-0.3, -0.25) is 4.99 Å². The number of morpholine rings is 1. The number of nitrogens with one attached hydrogen (secondary N) is 1. The van der Waals surface area contributed by atoms with Crippen LogP contribution in [0.1, 0.15) is 30.3 Å². The van der Waals surface area contributed by atoms with Crippen LogP contribution in [0.4, 0.5) is 4.39 Å². The number of rotatable bonds is 3. The van der Waals surface area contributed by atoms with Gasteiger partial charge in [-0.25, -0.2) is 4.39 Å². The first-order valence-electron chi connectivity index (χ1n) is 8.21. The second-order valence-corrected chi connectivity index (χ2v) is 6.02. The highest BCUT2D eigenvalue weighted by Gasteiger charge is 2.28. The first kappa shape index (κ1) is 20.6. The van der Waals surface area contributed by atoms with Crippen LogP contribution in [0.25, 0.3) is 0 Å². The summed E-state index contributed by atoms with van der Waals surface area (Å²) in [5.74, 6) is 1.60. The molecule has 1 aliphatic heterocycles. The van der Waals surface area contributed by atoms with Gasteiger partial charge in [-0.1, -0.05) is 17.3 Å². The third-order valence-electron chi connectivity index (χ3n) is 3.99. The maximum atomic E-state index is 13.2. The van der Waals surface area contributed by atoms with E-state index in [2.05, 4.69) is 25.3 Å². The molecule has 0 aliphatic carbocycles. The number of guanidine groups is 1. The smallest absolute Gasteiger partial charge is 0.223 e. The first-order valence-corrected chi connectivity index (χ1v) is 8.21. The van der Waals surface area contributed by atoms with Gasteiger partial charge in [0, 0.05) is 20.5 Å². The number of aromatic nitrogens is 2. The molecule has 2 heterocycles. The minimum atomic E-state index is -0.252. The van der Waals surface area contributed by atoms with Crippen LogP contribution in [0.3, 0.4) is 0 Å². The Morgan fingerprint density at radius 2 is 2.08 bits per heavy atom. The molecule has 7 nitrogen and oxygen atoms in total. The van der Waals surface area contributed by atoms with Crippen molar-refractivity contribution >= 4 is 29.9 Å². The van der Waals surface area contributed by atoms with Gasteiger partial charge in [0.1, 0.15) is 11.9 Å². The van der Waals surface area contributed by atoms with E-state index in [4.69, 9.17) is 9.26 Å². The molecule has 0 spiro atoms. The molecule has 2 aromatic rings. The molecule has 0 bridgehead atoms. The highest BCUT2D eigenvalue weighted by molar-refractivity contribution is 14.0. The molecular formula is C17H23FIN5O2. The lowest BCUT2D eigenvalue weighted by Gasteiger charge is -2.38. The average Bonchev–Trinajstić information content (AvgIpc) is 3.01. The van der Waals surface area contributed by atoms with Crippen LogP contribution in [0.5, 0.6) is 0 Å². The summed E-state index contributed by atoms with van der Waals surface area (Å²) in [5.41, 5.74) is 0.946. The molecule has 1 aromatic carbocycles. The largest absolute Gasteiger partial charge is 0.367 e. The number of aryl methyl sites for hydroxylation is 1. The second-order valence-electron chi connectivity index (χ2n) is 6.02. The predicted molar refractivity (Wildman–Crippen MR) is 106 cm³/mol. The molecule has 1 fully saturated rings. The molecule has 26 heavy (non-hydrogen) atoms. The minimum Gasteiger partial charge on any atom is -0.367 e. The zero-order valence-corrected chi connectivity index (χ0v) is 17.3. The van der Waals surface area contributed by atoms with Crippen LogP contribution in [-0.4, -0.2) is 47.2 Å². The van der Waals surface area contributed by atoms with Crippen LogP contribution >= 0.6 is 24.0 Å². The molecule has 1 aromatic heterocycles. The predicted octanol–water partition coefficient (Wildman–Crippen LogP) is 2.67. The molecule has 3 rings (SSSR count). The van der Waals surface area contributed by atoms with E-state index in [0.717, 1.165) is 11.5 Å². The van der Waals surface area contributed by atoms with Gasteiger partial charge in [0.2, 0.25) is 5.89 Å². The van der Waals surface area contributed by atoms with E-state index in [0.29, 0.717) is 31.3 Å². The van der Waals surface area contributed by atoms with Gasteiger partial charge in [-0.2, -0.15) is 4.98 Å². The molecule has 0 radical (unpaired) electrons. The van der Waals surface area contributed by atoms with Crippen molar-refractivity contribution in [1.82, 2.24) is 20.4 Å². The molecule has 1 N–H and O–H groups in total. The Morgan fingerprint density at radius 1 is 1.35 bits per heavy atom. The van der Waals surface area contributed by atoms with Gasteiger partial charge < -0.3 is 19.5 Å². The number of halogens is 2. The second kappa shape index (κ2) is 9.26. The normalized spacial score (nSPS) is 20.6. The number of benzene rings is 1. The Kier molecular flexibility index (Phi) is 7.33. The van der Waals surface area contributed by atoms with Crippen LogP contribution < -0.4 is 5.32 Å². The summed E-state index contributed by atoms with van der Waals surface area (Å²) in [7, 11) is 1.73. The summed E-state index contributed by atoms with van der Waals surface area (Å²) in [5, 5.41) is 7.12. The number of aliphatic imine (C=N–C) groups is 1. The van der Waals surface area contributed by atoms with Crippen LogP contribution in [0, 0.1) is 12.7 Å². The fraction of sp³-hybridized carbons (Fsp3) is 0.471. The fourth-order valence-electron chi connectivity index (χ4n) is 2.89. The Morgan fingerprint density at radius 3 is 2.69 bits per heavy atom. The van der Waals surface area contributed by atoms with E-state index in [1.165, 1.54) is 12.1 Å². The zero-order valence-electron chi connectivity index (χ0n) is 15.0. The van der Waals surface area contributed by atoms with Crippen molar-refractivity contribution in [3.63, 3.8) is 0 Å². The summed E-state index contributed by atoms with van der Waals surface area (Å²) in [6, 6.07) is 6.42. The quantitative estimate of drug-likeness (QED) is 0.418. The van der Waals surface area contributed by atoms with Crippen molar-refractivity contribution in [2.75, 3.05) is 20.1 Å². The van der Waals surface area contributed by atoms with Crippen molar-refractivity contribution in [3.8, 4) is 0 Å². The number of nitrogens with zero attached hydrogens (tertiary/aromatic N) is 4. The molecular weight excluding hydrogens is 452 g/mol. The average molecular weight is 475 g/mol. The Bertz CT molecular complexity index is 737. The van der Waals surface area contributed by atoms with E-state index in [9.17, 15) is 4.39 Å².